The number of thiophene rings is 4. The molecule has 0 aliphatic rings. The van der Waals surface area contributed by atoms with Gasteiger partial charge in [-0.2, -0.15) is 0 Å². The van der Waals surface area contributed by atoms with Crippen LogP contribution in [0.4, 0.5) is 0 Å². The van der Waals surface area contributed by atoms with Crippen LogP contribution in [0.3, 0.4) is 0 Å². The number of hydrogen-bond acceptors (Lipinski definition) is 8. The van der Waals surface area contributed by atoms with Gasteiger partial charge in [-0.05, 0) is 126 Å². The lowest BCUT2D eigenvalue weighted by molar-refractivity contribution is 1.13. The maximum Gasteiger partial charge on any atom is 0.160 e. The summed E-state index contributed by atoms with van der Waals surface area (Å²) in [7, 11) is 0. The van der Waals surface area contributed by atoms with E-state index in [0.717, 1.165) is 117 Å². The highest BCUT2D eigenvalue weighted by Gasteiger charge is 2.29. The summed E-state index contributed by atoms with van der Waals surface area (Å²) in [6.45, 7) is 0. The van der Waals surface area contributed by atoms with E-state index in [1.165, 1.54) is 124 Å². The normalized spacial score (nSPS) is 12.3. The standard InChI is InChI=1S/C104H58N8S4/c1-2-20-59(21-3-1)104-107-78(74-54-60(38-44-84(74)109-80-30-12-4-26-70(80)96-88(109)46-40-66-62-22-8-16-34-92(62)113-100(66)96)76-57-105-52-50-86(76)111-82-32-14-6-28-72(82)98-90(111)48-42-68-64-24-10-18-36-94(64)115-102(68)98)56-79(108-104)75-55-61(39-45-85(75)110-81-31-13-5-27-71(81)97-89(110)47-41-67-63-23-9-17-35-93(63)114-101(67)97)77-58-106-53-51-87(77)112-83-33-15-7-29-73(83)99-91(112)49-43-69-65-25-11-19-37-95(65)116-103(69)99/h1-58H. The van der Waals surface area contributed by atoms with Crippen LogP contribution in [0.25, 0.3) is 247 Å². The largest absolute Gasteiger partial charge is 0.309 e. The lowest BCUT2D eigenvalue weighted by Gasteiger charge is -2.20. The fourth-order valence-corrected chi connectivity index (χ4v) is 24.3. The van der Waals surface area contributed by atoms with Crippen LogP contribution in [-0.2, 0) is 0 Å². The van der Waals surface area contributed by atoms with Gasteiger partial charge in [-0.15, -0.1) is 45.3 Å². The average molecular weight is 1550 g/mol. The smallest absolute Gasteiger partial charge is 0.160 e. The van der Waals surface area contributed by atoms with Crippen molar-refractivity contribution < 1.29 is 0 Å². The van der Waals surface area contributed by atoms with Crippen LogP contribution in [-0.4, -0.2) is 38.2 Å². The predicted octanol–water partition coefficient (Wildman–Crippen LogP) is 29.5. The van der Waals surface area contributed by atoms with Crippen LogP contribution < -0.4 is 0 Å². The van der Waals surface area contributed by atoms with E-state index < -0.39 is 0 Å². The van der Waals surface area contributed by atoms with Crippen molar-refractivity contribution in [3.8, 4) is 78.9 Å². The number of fused-ring (bicyclic) bond motifs is 28. The summed E-state index contributed by atoms with van der Waals surface area (Å²) in [5.41, 5.74) is 21.1. The lowest BCUT2D eigenvalue weighted by Crippen LogP contribution is -2.04. The SMILES string of the molecule is c1ccc(-c2nc(-c3cc(-c4cnccc4-n4c5ccccc5c5c6sc7ccccc7c6ccc54)ccc3-n3c4ccccc4c4c5sc6ccccc6c5ccc43)cc(-c3cc(-c4cnccc4-n4c5ccccc5c5c6sc7ccccc7c6ccc54)ccc3-n3c4ccccc4c4c5sc6ccccc6c5ccc43)n2)cc1. The molecule has 8 nitrogen and oxygen atoms in total. The zero-order chi connectivity index (χ0) is 75.5. The topological polar surface area (TPSA) is 71.3 Å². The number of aromatic nitrogens is 8. The Bertz CT molecular complexity index is 8270. The summed E-state index contributed by atoms with van der Waals surface area (Å²) in [4.78, 5) is 22.0. The number of pyridine rings is 2. The van der Waals surface area contributed by atoms with Crippen LogP contribution in [0.15, 0.2) is 352 Å². The van der Waals surface area contributed by atoms with Crippen molar-refractivity contribution >= 4 is 213 Å². The third-order valence-electron chi connectivity index (χ3n) is 24.2. The minimum Gasteiger partial charge on any atom is -0.309 e. The molecule has 0 N–H and O–H groups in total. The highest BCUT2D eigenvalue weighted by Crippen LogP contribution is 2.52. The van der Waals surface area contributed by atoms with Gasteiger partial charge in [-0.3, -0.25) is 9.97 Å². The first kappa shape index (κ1) is 64.3. The van der Waals surface area contributed by atoms with Gasteiger partial charge in [-0.25, -0.2) is 9.97 Å². The van der Waals surface area contributed by atoms with Gasteiger partial charge in [0.2, 0.25) is 0 Å². The van der Waals surface area contributed by atoms with Crippen molar-refractivity contribution in [3.63, 3.8) is 0 Å². The Labute approximate surface area is 677 Å². The van der Waals surface area contributed by atoms with Gasteiger partial charge in [-0.1, -0.05) is 212 Å². The maximum atomic E-state index is 5.95. The van der Waals surface area contributed by atoms with Gasteiger partial charge in [0.05, 0.1) is 78.3 Å². The summed E-state index contributed by atoms with van der Waals surface area (Å²) in [6, 6.07) is 121. The van der Waals surface area contributed by atoms with Crippen molar-refractivity contribution in [2.75, 3.05) is 0 Å². The third kappa shape index (κ3) is 9.17. The van der Waals surface area contributed by atoms with E-state index in [0.29, 0.717) is 5.82 Å². The molecule has 15 aromatic carbocycles. The molecule has 26 rings (SSSR count). The molecule has 0 spiro atoms. The number of nitrogens with zero attached hydrogens (tertiary/aromatic N) is 8. The van der Waals surface area contributed by atoms with Crippen molar-refractivity contribution in [1.82, 2.24) is 38.2 Å². The summed E-state index contributed by atoms with van der Waals surface area (Å²) in [5.74, 6) is 0.592. The van der Waals surface area contributed by atoms with Crippen molar-refractivity contribution in [2.45, 2.75) is 0 Å². The van der Waals surface area contributed by atoms with Gasteiger partial charge in [0.25, 0.3) is 0 Å². The fraction of sp³-hybridized carbons (Fsp3) is 0. The first-order chi connectivity index (χ1) is 57.6. The number of para-hydroxylation sites is 4. The van der Waals surface area contributed by atoms with E-state index >= 15 is 0 Å². The number of benzene rings is 15. The lowest BCUT2D eigenvalue weighted by atomic mass is 9.96. The van der Waals surface area contributed by atoms with E-state index in [4.69, 9.17) is 19.9 Å². The zero-order valence-corrected chi connectivity index (χ0v) is 65.0. The van der Waals surface area contributed by atoms with Crippen molar-refractivity contribution in [3.05, 3.63) is 352 Å². The highest BCUT2D eigenvalue weighted by molar-refractivity contribution is 7.28. The molecule has 26 aromatic rings. The quantitative estimate of drug-likeness (QED) is 0.144. The Morgan fingerprint density at radius 2 is 0.500 bits per heavy atom. The van der Waals surface area contributed by atoms with Gasteiger partial charge in [0.1, 0.15) is 0 Å². The van der Waals surface area contributed by atoms with E-state index in [1.54, 1.807) is 0 Å². The minimum absolute atomic E-state index is 0.592. The minimum atomic E-state index is 0.592. The van der Waals surface area contributed by atoms with Crippen LogP contribution in [0.1, 0.15) is 0 Å². The van der Waals surface area contributed by atoms with Crippen LogP contribution in [0.5, 0.6) is 0 Å². The molecule has 538 valence electrons. The van der Waals surface area contributed by atoms with E-state index in [2.05, 4.69) is 358 Å². The second-order valence-corrected chi connectivity index (χ2v) is 34.4. The molecule has 12 heteroatoms. The average Bonchev–Trinajstić information content (AvgIpc) is 1.56. The third-order valence-corrected chi connectivity index (χ3v) is 29.0. The van der Waals surface area contributed by atoms with Crippen molar-refractivity contribution in [2.24, 2.45) is 0 Å². The monoisotopic (exact) mass is 1550 g/mol. The molecule has 0 fully saturated rings. The van der Waals surface area contributed by atoms with Crippen LogP contribution >= 0.6 is 45.3 Å². The zero-order valence-electron chi connectivity index (χ0n) is 61.7. The highest BCUT2D eigenvalue weighted by atomic mass is 32.1. The maximum absolute atomic E-state index is 5.95. The molecular formula is C104H58N8S4. The van der Waals surface area contributed by atoms with Crippen LogP contribution in [0, 0.1) is 0 Å². The van der Waals surface area contributed by atoms with Crippen molar-refractivity contribution in [1.29, 1.82) is 0 Å². The molecule has 116 heavy (non-hydrogen) atoms. The van der Waals surface area contributed by atoms with Gasteiger partial charge in [0.15, 0.2) is 5.82 Å². The molecule has 0 saturated heterocycles. The molecule has 0 aliphatic carbocycles. The first-order valence-electron chi connectivity index (χ1n) is 39.0. The van der Waals surface area contributed by atoms with Gasteiger partial charge >= 0.3 is 0 Å². The van der Waals surface area contributed by atoms with Gasteiger partial charge < -0.3 is 18.3 Å². The Kier molecular flexibility index (Phi) is 13.7. The Morgan fingerprint density at radius 1 is 0.207 bits per heavy atom. The Balaban J connectivity index is 0.763. The second-order valence-electron chi connectivity index (χ2n) is 30.2. The molecule has 0 unspecified atom stereocenters. The van der Waals surface area contributed by atoms with Gasteiger partial charge in [0, 0.05) is 176 Å². The summed E-state index contributed by atoms with van der Waals surface area (Å²) < 4.78 is 20.1. The molecule has 11 heterocycles. The number of rotatable bonds is 9. The van der Waals surface area contributed by atoms with E-state index in [-0.39, 0.29) is 0 Å². The second kappa shape index (κ2) is 24.6. The number of hydrogen-bond donors (Lipinski definition) is 0. The molecule has 0 radical (unpaired) electrons. The Hall–Kier alpha value is -14.2. The molecular weight excluding hydrogens is 1490 g/mol. The first-order valence-corrected chi connectivity index (χ1v) is 42.3. The van der Waals surface area contributed by atoms with E-state index in [1.807, 2.05) is 57.7 Å². The van der Waals surface area contributed by atoms with Crippen LogP contribution in [0.2, 0.25) is 0 Å². The fourth-order valence-electron chi connectivity index (χ4n) is 19.2. The van der Waals surface area contributed by atoms with E-state index in [9.17, 15) is 0 Å². The molecule has 0 bridgehead atoms. The molecule has 0 atom stereocenters. The predicted molar refractivity (Wildman–Crippen MR) is 494 cm³/mol. The summed E-state index contributed by atoms with van der Waals surface area (Å²) in [5, 5.41) is 19.8. The summed E-state index contributed by atoms with van der Waals surface area (Å²) >= 11 is 7.49. The molecule has 11 aromatic heterocycles. The Morgan fingerprint density at radius 3 is 0.836 bits per heavy atom. The molecule has 0 saturated carbocycles. The molecule has 0 aliphatic heterocycles. The molecule has 0 amide bonds. The summed E-state index contributed by atoms with van der Waals surface area (Å²) in [6.07, 6.45) is 7.99.